The molecule has 1 amide bonds. The molecule has 2 saturated carbocycles. The van der Waals surface area contributed by atoms with E-state index < -0.39 is 5.54 Å². The number of guanidine groups is 1. The van der Waals surface area contributed by atoms with Crippen LogP contribution >= 0.6 is 0 Å². The summed E-state index contributed by atoms with van der Waals surface area (Å²) in [4.78, 5) is 14.7. The Balaban J connectivity index is 1.62. The molecule has 160 valence electrons. The van der Waals surface area contributed by atoms with Crippen LogP contribution in [0.1, 0.15) is 83.5 Å². The molecule has 0 radical (unpaired) electrons. The largest absolute Gasteiger partial charge is 0.396 e. The highest BCUT2D eigenvalue weighted by atomic mass is 16.3. The van der Waals surface area contributed by atoms with Crippen LogP contribution in [0, 0.1) is 17.2 Å². The molecule has 0 aromatic rings. The summed E-state index contributed by atoms with van der Waals surface area (Å²) in [5.41, 5.74) is -0.569. The van der Waals surface area contributed by atoms with Crippen LogP contribution < -0.4 is 10.6 Å². The van der Waals surface area contributed by atoms with E-state index in [4.69, 9.17) is 10.5 Å². The number of rotatable bonds is 9. The van der Waals surface area contributed by atoms with Gasteiger partial charge in [0.1, 0.15) is 5.54 Å². The van der Waals surface area contributed by atoms with Crippen molar-refractivity contribution in [3.05, 3.63) is 0 Å². The summed E-state index contributed by atoms with van der Waals surface area (Å²) in [5.74, 6) is 1.63. The van der Waals surface area contributed by atoms with Crippen LogP contribution in [0.2, 0.25) is 0 Å². The third-order valence-corrected chi connectivity index (χ3v) is 7.30. The van der Waals surface area contributed by atoms with E-state index in [1.54, 1.807) is 7.05 Å². The van der Waals surface area contributed by atoms with E-state index in [9.17, 15) is 4.79 Å². The number of nitrogens with zero attached hydrogens (tertiary/aromatic N) is 1. The van der Waals surface area contributed by atoms with E-state index in [0.717, 1.165) is 44.6 Å². The molecule has 3 fully saturated rings. The van der Waals surface area contributed by atoms with Gasteiger partial charge in [-0.15, -0.1) is 0 Å². The summed E-state index contributed by atoms with van der Waals surface area (Å²) in [6.45, 7) is 1.10. The molecule has 6 nitrogen and oxygen atoms in total. The summed E-state index contributed by atoms with van der Waals surface area (Å²) in [6.07, 6.45) is 14.9. The summed E-state index contributed by atoms with van der Waals surface area (Å²) in [5, 5.41) is 24.1. The number of hydrogen-bond acceptors (Lipinski definition) is 4. The van der Waals surface area contributed by atoms with Gasteiger partial charge in [-0.2, -0.15) is 0 Å². The number of aliphatic hydroxyl groups is 1. The van der Waals surface area contributed by atoms with Crippen LogP contribution in [-0.2, 0) is 4.79 Å². The third-order valence-electron chi connectivity index (χ3n) is 7.30. The fraction of sp³-hybridized carbons (Fsp3) is 0.909. The Morgan fingerprint density at radius 2 is 1.93 bits per heavy atom. The molecular formula is C22H40N4O2. The van der Waals surface area contributed by atoms with E-state index in [2.05, 4.69) is 10.6 Å². The van der Waals surface area contributed by atoms with Crippen molar-refractivity contribution >= 4 is 11.9 Å². The van der Waals surface area contributed by atoms with Crippen molar-refractivity contribution < 1.29 is 9.90 Å². The average molecular weight is 393 g/mol. The zero-order valence-electron chi connectivity index (χ0n) is 17.6. The first-order chi connectivity index (χ1) is 13.5. The van der Waals surface area contributed by atoms with Crippen molar-refractivity contribution in [1.82, 2.24) is 15.5 Å². The molecule has 0 aromatic carbocycles. The molecular weight excluding hydrogens is 352 g/mol. The van der Waals surface area contributed by atoms with Crippen molar-refractivity contribution in [2.75, 3.05) is 20.2 Å². The van der Waals surface area contributed by atoms with Gasteiger partial charge in [0.25, 0.3) is 5.91 Å². The molecule has 1 aliphatic heterocycles. The first-order valence-electron chi connectivity index (χ1n) is 11.5. The summed E-state index contributed by atoms with van der Waals surface area (Å²) in [7, 11) is 1.74. The van der Waals surface area contributed by atoms with Gasteiger partial charge in [-0.05, 0) is 56.9 Å². The predicted octanol–water partition coefficient (Wildman–Crippen LogP) is 3.00. The number of hydrogen-bond donors (Lipinski definition) is 4. The highest BCUT2D eigenvalue weighted by Crippen LogP contribution is 2.38. The van der Waals surface area contributed by atoms with E-state index >= 15 is 0 Å². The van der Waals surface area contributed by atoms with E-state index in [-0.39, 0.29) is 18.5 Å². The maximum atomic E-state index is 13.2. The molecule has 3 atom stereocenters. The highest BCUT2D eigenvalue weighted by molar-refractivity contribution is 6.07. The zero-order valence-corrected chi connectivity index (χ0v) is 17.6. The molecule has 28 heavy (non-hydrogen) atoms. The summed E-state index contributed by atoms with van der Waals surface area (Å²) >= 11 is 0. The average Bonchev–Trinajstić information content (AvgIpc) is 2.92. The quantitative estimate of drug-likeness (QED) is 0.454. The lowest BCUT2D eigenvalue weighted by Crippen LogP contribution is -2.50. The van der Waals surface area contributed by atoms with Gasteiger partial charge >= 0.3 is 0 Å². The van der Waals surface area contributed by atoms with Gasteiger partial charge in [0.05, 0.1) is 0 Å². The smallest absolute Gasteiger partial charge is 0.254 e. The summed E-state index contributed by atoms with van der Waals surface area (Å²) < 4.78 is 0. The predicted molar refractivity (Wildman–Crippen MR) is 112 cm³/mol. The first-order valence-corrected chi connectivity index (χ1v) is 11.5. The molecule has 0 spiro atoms. The van der Waals surface area contributed by atoms with E-state index in [1.165, 1.54) is 56.3 Å². The molecule has 1 saturated heterocycles. The molecule has 2 aliphatic carbocycles. The van der Waals surface area contributed by atoms with Crippen molar-refractivity contribution in [3.8, 4) is 0 Å². The van der Waals surface area contributed by atoms with Crippen molar-refractivity contribution in [2.24, 2.45) is 11.8 Å². The van der Waals surface area contributed by atoms with Gasteiger partial charge in [-0.25, -0.2) is 0 Å². The minimum atomic E-state index is -0.569. The van der Waals surface area contributed by atoms with Crippen molar-refractivity contribution in [3.63, 3.8) is 0 Å². The van der Waals surface area contributed by atoms with Gasteiger partial charge in [-0.1, -0.05) is 44.9 Å². The molecule has 0 bridgehead atoms. The lowest BCUT2D eigenvalue weighted by molar-refractivity contribution is -0.131. The molecule has 3 aliphatic rings. The minimum absolute atomic E-state index is 0.101. The lowest BCUT2D eigenvalue weighted by atomic mass is 9.74. The molecule has 0 aromatic heterocycles. The standard InChI is InChI=1S/C22H40N4O2/c1-26-20(28)22(25-21(26)23,12-11-17-7-3-2-4-8-17)16-18-9-5-10-19(15-18)24-13-6-14-27/h17-19,24,27H,2-16H2,1H3,(H2,23,25)/t18-,19+,22+/m0/s1. The van der Waals surface area contributed by atoms with E-state index in [0.29, 0.717) is 12.0 Å². The number of nitrogens with one attached hydrogen (secondary N) is 3. The van der Waals surface area contributed by atoms with Crippen LogP contribution in [0.25, 0.3) is 0 Å². The maximum Gasteiger partial charge on any atom is 0.254 e. The topological polar surface area (TPSA) is 88.5 Å². The van der Waals surface area contributed by atoms with Crippen LogP contribution in [0.4, 0.5) is 0 Å². The van der Waals surface area contributed by atoms with Gasteiger partial charge in [0.2, 0.25) is 0 Å². The number of likely N-dealkylation sites (N-methyl/N-ethyl adjacent to an activating group) is 1. The van der Waals surface area contributed by atoms with Gasteiger partial charge < -0.3 is 15.7 Å². The molecule has 3 rings (SSSR count). The van der Waals surface area contributed by atoms with Crippen LogP contribution in [0.5, 0.6) is 0 Å². The SMILES string of the molecule is CN1C(=N)N[C@](CCC2CCCCC2)(C[C@H]2CCC[C@@H](NCCCO)C2)C1=O. The Morgan fingerprint density at radius 1 is 1.18 bits per heavy atom. The Hall–Kier alpha value is -1.14. The Labute approximate surface area is 170 Å². The molecule has 6 heteroatoms. The number of aliphatic hydroxyl groups excluding tert-OH is 1. The molecule has 1 heterocycles. The number of carbonyl (C=O) groups is 1. The molecule has 0 unspecified atom stereocenters. The minimum Gasteiger partial charge on any atom is -0.396 e. The highest BCUT2D eigenvalue weighted by Gasteiger charge is 2.49. The first kappa shape index (κ1) is 21.6. The van der Waals surface area contributed by atoms with Crippen LogP contribution in [0.3, 0.4) is 0 Å². The second kappa shape index (κ2) is 10.1. The second-order valence-electron chi connectivity index (χ2n) is 9.43. The summed E-state index contributed by atoms with van der Waals surface area (Å²) in [6, 6.07) is 0.495. The Bertz CT molecular complexity index is 535. The lowest BCUT2D eigenvalue weighted by Gasteiger charge is -2.37. The number of carbonyl (C=O) groups excluding carboxylic acids is 1. The monoisotopic (exact) mass is 392 g/mol. The third kappa shape index (κ3) is 5.26. The normalized spacial score (nSPS) is 32.0. The van der Waals surface area contributed by atoms with Crippen molar-refractivity contribution in [1.29, 1.82) is 5.41 Å². The van der Waals surface area contributed by atoms with Gasteiger partial charge in [0, 0.05) is 19.7 Å². The zero-order chi connectivity index (χ0) is 20.0. The fourth-order valence-corrected chi connectivity index (χ4v) is 5.66. The maximum absolute atomic E-state index is 13.2. The van der Waals surface area contributed by atoms with Crippen molar-refractivity contribution in [2.45, 2.75) is 95.1 Å². The van der Waals surface area contributed by atoms with Gasteiger partial charge in [-0.3, -0.25) is 15.1 Å². The van der Waals surface area contributed by atoms with Crippen LogP contribution in [-0.4, -0.2) is 53.7 Å². The second-order valence-corrected chi connectivity index (χ2v) is 9.43. The van der Waals surface area contributed by atoms with Crippen LogP contribution in [0.15, 0.2) is 0 Å². The molecule has 4 N–H and O–H groups in total. The number of amides is 1. The Kier molecular flexibility index (Phi) is 7.75. The fourth-order valence-electron chi connectivity index (χ4n) is 5.66. The van der Waals surface area contributed by atoms with E-state index in [1.807, 2.05) is 0 Å². The Morgan fingerprint density at radius 3 is 2.61 bits per heavy atom. The van der Waals surface area contributed by atoms with Gasteiger partial charge in [0.15, 0.2) is 5.96 Å².